The molecule has 1 atom stereocenters. The number of amides is 2. The number of carbonyl (C=O) groups is 2. The lowest BCUT2D eigenvalue weighted by Crippen LogP contribution is -2.52. The van der Waals surface area contributed by atoms with E-state index in [1.807, 2.05) is 0 Å². The van der Waals surface area contributed by atoms with Gasteiger partial charge in [-0.25, -0.2) is 0 Å². The zero-order valence-electron chi connectivity index (χ0n) is 11.8. The van der Waals surface area contributed by atoms with Crippen molar-refractivity contribution < 1.29 is 22.8 Å². The number of nitrogens with one attached hydrogen (secondary N) is 2. The van der Waals surface area contributed by atoms with Crippen molar-refractivity contribution in [3.8, 4) is 0 Å². The van der Waals surface area contributed by atoms with Crippen molar-refractivity contribution in [1.82, 2.24) is 15.5 Å². The monoisotopic (exact) mass is 307 g/mol. The fourth-order valence-corrected chi connectivity index (χ4v) is 2.83. The summed E-state index contributed by atoms with van der Waals surface area (Å²) >= 11 is 0. The molecule has 2 amide bonds. The van der Waals surface area contributed by atoms with Gasteiger partial charge in [-0.1, -0.05) is 0 Å². The van der Waals surface area contributed by atoms with Crippen LogP contribution in [0.3, 0.4) is 0 Å². The molecule has 2 heterocycles. The Kier molecular flexibility index (Phi) is 4.75. The average molecular weight is 307 g/mol. The van der Waals surface area contributed by atoms with E-state index >= 15 is 0 Å². The Morgan fingerprint density at radius 1 is 1.24 bits per heavy atom. The molecule has 2 aliphatic heterocycles. The van der Waals surface area contributed by atoms with Crippen LogP contribution in [0.1, 0.15) is 25.7 Å². The van der Waals surface area contributed by atoms with E-state index in [1.54, 1.807) is 4.90 Å². The van der Waals surface area contributed by atoms with Crippen LogP contribution in [-0.4, -0.2) is 55.6 Å². The van der Waals surface area contributed by atoms with Gasteiger partial charge in [0.15, 0.2) is 5.41 Å². The molecule has 2 fully saturated rings. The molecule has 0 radical (unpaired) electrons. The van der Waals surface area contributed by atoms with E-state index in [0.717, 1.165) is 12.8 Å². The van der Waals surface area contributed by atoms with E-state index < -0.39 is 24.0 Å². The summed E-state index contributed by atoms with van der Waals surface area (Å²) in [4.78, 5) is 25.4. The Hall–Kier alpha value is -1.31. The molecule has 120 valence electrons. The molecule has 0 aromatic carbocycles. The Bertz CT molecular complexity index is 400. The smallest absolute Gasteiger partial charge is 0.355 e. The average Bonchev–Trinajstić information content (AvgIpc) is 3.09. The van der Waals surface area contributed by atoms with Crippen molar-refractivity contribution in [3.05, 3.63) is 0 Å². The van der Waals surface area contributed by atoms with Gasteiger partial charge in [0.1, 0.15) is 0 Å². The van der Waals surface area contributed by atoms with Crippen LogP contribution in [0.2, 0.25) is 0 Å². The molecule has 2 N–H and O–H groups in total. The Morgan fingerprint density at radius 3 is 2.43 bits per heavy atom. The van der Waals surface area contributed by atoms with Crippen molar-refractivity contribution in [2.45, 2.75) is 31.9 Å². The van der Waals surface area contributed by atoms with Gasteiger partial charge in [-0.05, 0) is 25.8 Å². The molecular weight excluding hydrogens is 287 g/mol. The largest absolute Gasteiger partial charge is 0.404 e. The summed E-state index contributed by atoms with van der Waals surface area (Å²) in [5.74, 6) is -1.15. The molecule has 0 aliphatic carbocycles. The highest BCUT2D eigenvalue weighted by Gasteiger charge is 2.61. The summed E-state index contributed by atoms with van der Waals surface area (Å²) in [6.07, 6.45) is -2.88. The molecule has 0 aromatic heterocycles. The minimum atomic E-state index is -4.58. The minimum absolute atomic E-state index is 0.0487. The van der Waals surface area contributed by atoms with Crippen LogP contribution >= 0.6 is 0 Å². The topological polar surface area (TPSA) is 61.4 Å². The number of hydrogen-bond donors (Lipinski definition) is 2. The predicted molar refractivity (Wildman–Crippen MR) is 69.4 cm³/mol. The maximum absolute atomic E-state index is 13.1. The van der Waals surface area contributed by atoms with E-state index in [0.29, 0.717) is 13.1 Å². The van der Waals surface area contributed by atoms with Crippen LogP contribution < -0.4 is 10.6 Å². The third-order valence-corrected chi connectivity index (χ3v) is 4.22. The molecule has 2 aliphatic rings. The first kappa shape index (κ1) is 16.1. The number of likely N-dealkylation sites (tertiary alicyclic amines) is 1. The zero-order chi connectivity index (χ0) is 15.5. The lowest BCUT2D eigenvalue weighted by Gasteiger charge is -2.29. The van der Waals surface area contributed by atoms with E-state index in [9.17, 15) is 22.8 Å². The molecule has 5 nitrogen and oxygen atoms in total. The van der Waals surface area contributed by atoms with Crippen LogP contribution in [0.25, 0.3) is 0 Å². The summed E-state index contributed by atoms with van der Waals surface area (Å²) in [6, 6.07) is 0. The lowest BCUT2D eigenvalue weighted by atomic mass is 9.85. The van der Waals surface area contributed by atoms with Crippen LogP contribution in [-0.2, 0) is 9.59 Å². The molecule has 0 spiro atoms. The highest BCUT2D eigenvalue weighted by Crippen LogP contribution is 2.43. The van der Waals surface area contributed by atoms with Crippen LogP contribution in [0.4, 0.5) is 13.2 Å². The first-order chi connectivity index (χ1) is 9.87. The molecular formula is C13H20F3N3O2. The first-order valence-corrected chi connectivity index (χ1v) is 7.20. The number of carbonyl (C=O) groups excluding carboxylic acids is 2. The standard InChI is InChI=1S/C13H20F3N3O2/c14-13(15,16)12(4-6-17-9-12)11(21)18-5-3-10(20)19-7-1-2-8-19/h17H,1-9H2,(H,18,21). The highest BCUT2D eigenvalue weighted by molar-refractivity contribution is 5.85. The van der Waals surface area contributed by atoms with E-state index in [1.165, 1.54) is 0 Å². The zero-order valence-corrected chi connectivity index (χ0v) is 11.8. The fraction of sp³-hybridized carbons (Fsp3) is 0.846. The van der Waals surface area contributed by atoms with Crippen LogP contribution in [0.5, 0.6) is 0 Å². The summed E-state index contributed by atoms with van der Waals surface area (Å²) < 4.78 is 39.4. The van der Waals surface area contributed by atoms with Crippen LogP contribution in [0, 0.1) is 5.41 Å². The van der Waals surface area contributed by atoms with Crippen LogP contribution in [0.15, 0.2) is 0 Å². The number of nitrogens with zero attached hydrogens (tertiary/aromatic N) is 1. The van der Waals surface area contributed by atoms with Gasteiger partial charge in [0.05, 0.1) is 0 Å². The van der Waals surface area contributed by atoms with Crippen molar-refractivity contribution >= 4 is 11.8 Å². The molecule has 0 aromatic rings. The molecule has 1 unspecified atom stereocenters. The molecule has 0 saturated carbocycles. The molecule has 21 heavy (non-hydrogen) atoms. The van der Waals surface area contributed by atoms with E-state index in [2.05, 4.69) is 10.6 Å². The van der Waals surface area contributed by atoms with E-state index in [-0.39, 0.29) is 31.8 Å². The van der Waals surface area contributed by atoms with Crippen molar-refractivity contribution in [2.75, 3.05) is 32.7 Å². The number of alkyl halides is 3. The SMILES string of the molecule is O=C(CCNC(=O)C1(C(F)(F)F)CCNC1)N1CCCC1. The Balaban J connectivity index is 1.84. The van der Waals surface area contributed by atoms with Gasteiger partial charge in [-0.2, -0.15) is 13.2 Å². The van der Waals surface area contributed by atoms with Gasteiger partial charge in [0, 0.05) is 32.6 Å². The fourth-order valence-electron chi connectivity index (χ4n) is 2.83. The lowest BCUT2D eigenvalue weighted by molar-refractivity contribution is -0.215. The molecule has 0 bridgehead atoms. The second-order valence-electron chi connectivity index (χ2n) is 5.60. The van der Waals surface area contributed by atoms with Crippen molar-refractivity contribution in [1.29, 1.82) is 0 Å². The molecule has 2 rings (SSSR count). The molecule has 2 saturated heterocycles. The van der Waals surface area contributed by atoms with Crippen molar-refractivity contribution in [3.63, 3.8) is 0 Å². The van der Waals surface area contributed by atoms with Gasteiger partial charge in [0.2, 0.25) is 11.8 Å². The van der Waals surface area contributed by atoms with Gasteiger partial charge in [0.25, 0.3) is 0 Å². The number of rotatable bonds is 4. The minimum Gasteiger partial charge on any atom is -0.355 e. The van der Waals surface area contributed by atoms with Gasteiger partial charge < -0.3 is 15.5 Å². The normalized spacial score (nSPS) is 26.1. The van der Waals surface area contributed by atoms with Crippen molar-refractivity contribution in [2.24, 2.45) is 5.41 Å². The molecule has 8 heteroatoms. The third kappa shape index (κ3) is 3.30. The first-order valence-electron chi connectivity index (χ1n) is 7.20. The predicted octanol–water partition coefficient (Wildman–Crippen LogP) is 0.657. The van der Waals surface area contributed by atoms with Gasteiger partial charge in [-0.3, -0.25) is 9.59 Å². The quantitative estimate of drug-likeness (QED) is 0.802. The third-order valence-electron chi connectivity index (χ3n) is 4.22. The van der Waals surface area contributed by atoms with E-state index in [4.69, 9.17) is 0 Å². The summed E-state index contributed by atoms with van der Waals surface area (Å²) in [7, 11) is 0. The Morgan fingerprint density at radius 2 is 1.90 bits per heavy atom. The number of halogens is 3. The second-order valence-corrected chi connectivity index (χ2v) is 5.60. The van der Waals surface area contributed by atoms with Gasteiger partial charge in [-0.15, -0.1) is 0 Å². The summed E-state index contributed by atoms with van der Waals surface area (Å²) in [5.41, 5.74) is -2.36. The second kappa shape index (κ2) is 6.21. The number of hydrogen-bond acceptors (Lipinski definition) is 3. The van der Waals surface area contributed by atoms with Gasteiger partial charge >= 0.3 is 6.18 Å². The summed E-state index contributed by atoms with van der Waals surface area (Å²) in [6.45, 7) is 1.11. The summed E-state index contributed by atoms with van der Waals surface area (Å²) in [5, 5.41) is 4.87. The maximum Gasteiger partial charge on any atom is 0.404 e. The Labute approximate surface area is 121 Å². The maximum atomic E-state index is 13.1. The highest BCUT2D eigenvalue weighted by atomic mass is 19.4.